The Balaban J connectivity index is 1.87. The number of halogens is 1. The van der Waals surface area contributed by atoms with Crippen molar-refractivity contribution in [2.45, 2.75) is 44.2 Å². The summed E-state index contributed by atoms with van der Waals surface area (Å²) in [6.45, 7) is 0.865. The fraction of sp³-hybridized carbons (Fsp3) is 0.533. The summed E-state index contributed by atoms with van der Waals surface area (Å²) in [5, 5.41) is 16.3. The first kappa shape index (κ1) is 13.5. The van der Waals surface area contributed by atoms with E-state index in [9.17, 15) is 14.3 Å². The molecule has 3 N–H and O–H groups in total. The van der Waals surface area contributed by atoms with Crippen molar-refractivity contribution >= 4 is 11.6 Å². The zero-order valence-electron chi connectivity index (χ0n) is 11.3. The molecule has 0 aliphatic carbocycles. The van der Waals surface area contributed by atoms with Crippen LogP contribution in [-0.2, 0) is 11.2 Å². The quantitative estimate of drug-likeness (QED) is 0.774. The summed E-state index contributed by atoms with van der Waals surface area (Å²) in [6.07, 6.45) is 3.18. The molecule has 4 nitrogen and oxygen atoms in total. The van der Waals surface area contributed by atoms with Gasteiger partial charge in [0.25, 0.3) is 0 Å². The van der Waals surface area contributed by atoms with Crippen molar-refractivity contribution in [3.05, 3.63) is 29.1 Å². The third kappa shape index (κ3) is 2.55. The first-order valence-electron chi connectivity index (χ1n) is 7.19. The molecule has 2 aliphatic heterocycles. The summed E-state index contributed by atoms with van der Waals surface area (Å²) in [4.78, 5) is 11.3. The van der Waals surface area contributed by atoms with E-state index in [0.717, 1.165) is 31.4 Å². The first-order valence-corrected chi connectivity index (χ1v) is 7.19. The van der Waals surface area contributed by atoms with Crippen LogP contribution in [0.3, 0.4) is 0 Å². The molecule has 20 heavy (non-hydrogen) atoms. The summed E-state index contributed by atoms with van der Waals surface area (Å²) in [7, 11) is 0. The van der Waals surface area contributed by atoms with Gasteiger partial charge in [-0.25, -0.2) is 4.39 Å². The fourth-order valence-corrected chi connectivity index (χ4v) is 3.01. The van der Waals surface area contributed by atoms with Gasteiger partial charge in [0.15, 0.2) is 0 Å². The van der Waals surface area contributed by atoms with Crippen LogP contribution in [0.2, 0.25) is 0 Å². The van der Waals surface area contributed by atoms with Crippen LogP contribution in [0.15, 0.2) is 12.1 Å². The lowest BCUT2D eigenvalue weighted by Gasteiger charge is -2.29. The van der Waals surface area contributed by atoms with E-state index >= 15 is 0 Å². The molecule has 0 spiro atoms. The molecule has 2 aliphatic rings. The van der Waals surface area contributed by atoms with Crippen molar-refractivity contribution < 1.29 is 14.3 Å². The smallest absolute Gasteiger partial charge is 0.224 e. The van der Waals surface area contributed by atoms with E-state index < -0.39 is 11.9 Å². The molecule has 0 aromatic heterocycles. The van der Waals surface area contributed by atoms with Crippen LogP contribution >= 0.6 is 0 Å². The minimum Gasteiger partial charge on any atom is -0.387 e. The Morgan fingerprint density at radius 1 is 1.30 bits per heavy atom. The maximum atomic E-state index is 14.2. The van der Waals surface area contributed by atoms with Crippen molar-refractivity contribution in [2.24, 2.45) is 0 Å². The van der Waals surface area contributed by atoms with Crippen molar-refractivity contribution in [1.82, 2.24) is 5.32 Å². The highest BCUT2D eigenvalue weighted by Gasteiger charge is 2.27. The maximum absolute atomic E-state index is 14.2. The lowest BCUT2D eigenvalue weighted by molar-refractivity contribution is -0.116. The van der Waals surface area contributed by atoms with Gasteiger partial charge in [0.1, 0.15) is 5.82 Å². The number of benzene rings is 1. The van der Waals surface area contributed by atoms with Gasteiger partial charge in [-0.1, -0.05) is 6.42 Å². The molecule has 2 heterocycles. The highest BCUT2D eigenvalue weighted by atomic mass is 19.1. The Morgan fingerprint density at radius 2 is 2.15 bits per heavy atom. The Labute approximate surface area is 117 Å². The van der Waals surface area contributed by atoms with Crippen LogP contribution in [0.25, 0.3) is 0 Å². The van der Waals surface area contributed by atoms with E-state index in [4.69, 9.17) is 0 Å². The van der Waals surface area contributed by atoms with Crippen LogP contribution < -0.4 is 10.6 Å². The van der Waals surface area contributed by atoms with E-state index in [0.29, 0.717) is 24.1 Å². The number of rotatable bonds is 2. The molecule has 3 rings (SSSR count). The van der Waals surface area contributed by atoms with E-state index in [-0.39, 0.29) is 11.9 Å². The van der Waals surface area contributed by atoms with E-state index in [1.165, 1.54) is 6.07 Å². The number of hydrogen-bond acceptors (Lipinski definition) is 3. The standard InChI is InChI=1S/C15H19FN2O2/c16-11-8-13-9(4-5-14(19)18-13)7-10(11)15(20)12-3-1-2-6-17-12/h7-8,12,15,17,20H,1-6H2,(H,18,19). The number of aryl methyl sites for hydroxylation is 1. The highest BCUT2D eigenvalue weighted by molar-refractivity contribution is 5.93. The number of carbonyl (C=O) groups excluding carboxylic acids is 1. The normalized spacial score (nSPS) is 23.9. The van der Waals surface area contributed by atoms with Gasteiger partial charge in [0, 0.05) is 23.7 Å². The number of aliphatic hydroxyl groups excluding tert-OH is 1. The predicted octanol–water partition coefficient (Wildman–Crippen LogP) is 1.89. The van der Waals surface area contributed by atoms with Crippen LogP contribution in [-0.4, -0.2) is 23.6 Å². The molecule has 1 saturated heterocycles. The molecule has 1 amide bonds. The lowest BCUT2D eigenvalue weighted by atomic mass is 9.91. The summed E-state index contributed by atoms with van der Waals surface area (Å²) < 4.78 is 14.2. The predicted molar refractivity (Wildman–Crippen MR) is 74.0 cm³/mol. The summed E-state index contributed by atoms with van der Waals surface area (Å²) in [5.41, 5.74) is 1.77. The molecule has 2 unspecified atom stereocenters. The van der Waals surface area contributed by atoms with Crippen LogP contribution in [0, 0.1) is 5.82 Å². The molecule has 108 valence electrons. The van der Waals surface area contributed by atoms with Crippen LogP contribution in [0.5, 0.6) is 0 Å². The van der Waals surface area contributed by atoms with Crippen LogP contribution in [0.4, 0.5) is 10.1 Å². The van der Waals surface area contributed by atoms with Gasteiger partial charge in [0.05, 0.1) is 6.10 Å². The van der Waals surface area contributed by atoms with Gasteiger partial charge < -0.3 is 15.7 Å². The first-order chi connectivity index (χ1) is 9.65. The van der Waals surface area contributed by atoms with Gasteiger partial charge in [-0.15, -0.1) is 0 Å². The molecule has 0 bridgehead atoms. The van der Waals surface area contributed by atoms with Gasteiger partial charge in [-0.05, 0) is 43.5 Å². The Bertz CT molecular complexity index is 527. The number of carbonyl (C=O) groups is 1. The number of hydrogen-bond donors (Lipinski definition) is 3. The highest BCUT2D eigenvalue weighted by Crippen LogP contribution is 2.31. The second-order valence-electron chi connectivity index (χ2n) is 5.58. The maximum Gasteiger partial charge on any atom is 0.224 e. The summed E-state index contributed by atoms with van der Waals surface area (Å²) in [5.74, 6) is -0.537. The van der Waals surface area contributed by atoms with Crippen LogP contribution in [0.1, 0.15) is 42.9 Å². The van der Waals surface area contributed by atoms with Gasteiger partial charge in [-0.3, -0.25) is 4.79 Å². The Hall–Kier alpha value is -1.46. The molecule has 5 heteroatoms. The zero-order valence-corrected chi connectivity index (χ0v) is 11.3. The molecular weight excluding hydrogens is 259 g/mol. The third-order valence-corrected chi connectivity index (χ3v) is 4.17. The molecular formula is C15H19FN2O2. The molecule has 0 radical (unpaired) electrons. The number of nitrogens with one attached hydrogen (secondary N) is 2. The van der Waals surface area contributed by atoms with Crippen molar-refractivity contribution in [3.63, 3.8) is 0 Å². The van der Waals surface area contributed by atoms with Gasteiger partial charge >= 0.3 is 0 Å². The molecule has 1 aromatic rings. The molecule has 1 aromatic carbocycles. The number of amides is 1. The Kier molecular flexibility index (Phi) is 3.72. The number of anilines is 1. The topological polar surface area (TPSA) is 61.4 Å². The average molecular weight is 278 g/mol. The van der Waals surface area contributed by atoms with Crippen molar-refractivity contribution in [2.75, 3.05) is 11.9 Å². The zero-order chi connectivity index (χ0) is 14.1. The molecule has 1 fully saturated rings. The number of fused-ring (bicyclic) bond motifs is 1. The SMILES string of the molecule is O=C1CCc2cc(C(O)C3CCCCN3)c(F)cc2N1. The van der Waals surface area contributed by atoms with E-state index in [1.807, 2.05) is 0 Å². The van der Waals surface area contributed by atoms with Gasteiger partial charge in [-0.2, -0.15) is 0 Å². The monoisotopic (exact) mass is 278 g/mol. The van der Waals surface area contributed by atoms with E-state index in [1.54, 1.807) is 6.07 Å². The van der Waals surface area contributed by atoms with E-state index in [2.05, 4.69) is 10.6 Å². The largest absolute Gasteiger partial charge is 0.387 e. The molecule has 0 saturated carbocycles. The van der Waals surface area contributed by atoms with Crippen molar-refractivity contribution in [3.8, 4) is 0 Å². The number of aliphatic hydroxyl groups is 1. The third-order valence-electron chi connectivity index (χ3n) is 4.17. The molecule has 2 atom stereocenters. The summed E-state index contributed by atoms with van der Waals surface area (Å²) >= 11 is 0. The minimum absolute atomic E-state index is 0.0841. The second-order valence-corrected chi connectivity index (χ2v) is 5.58. The fourth-order valence-electron chi connectivity index (χ4n) is 3.01. The number of piperidine rings is 1. The average Bonchev–Trinajstić information content (AvgIpc) is 2.46. The Morgan fingerprint density at radius 3 is 2.90 bits per heavy atom. The van der Waals surface area contributed by atoms with Crippen molar-refractivity contribution in [1.29, 1.82) is 0 Å². The lowest BCUT2D eigenvalue weighted by Crippen LogP contribution is -2.39. The summed E-state index contributed by atoms with van der Waals surface area (Å²) in [6, 6.07) is 2.94. The second kappa shape index (κ2) is 5.50. The minimum atomic E-state index is -0.835. The van der Waals surface area contributed by atoms with Gasteiger partial charge in [0.2, 0.25) is 5.91 Å².